The second kappa shape index (κ2) is 31.9. The van der Waals surface area contributed by atoms with Gasteiger partial charge in [0.15, 0.2) is 0 Å². The molecule has 12 aromatic rings. The Labute approximate surface area is 637 Å². The van der Waals surface area contributed by atoms with Crippen molar-refractivity contribution < 1.29 is 34.7 Å². The lowest BCUT2D eigenvalue weighted by atomic mass is 9.90. The molecule has 0 N–H and O–H groups in total. The highest BCUT2D eigenvalue weighted by Gasteiger charge is 2.28. The maximum atomic E-state index is 7.76. The average Bonchev–Trinajstić information content (AvgIpc) is 0.885. The van der Waals surface area contributed by atoms with Crippen molar-refractivity contribution in [3.8, 4) is 90.1 Å². The zero-order chi connectivity index (χ0) is 84.7. The van der Waals surface area contributed by atoms with E-state index >= 15 is 0 Å². The van der Waals surface area contributed by atoms with Crippen LogP contribution in [0.3, 0.4) is 0 Å². The topological polar surface area (TPSA) is 15.5 Å². The van der Waals surface area contributed by atoms with Crippen LogP contribution in [-0.4, -0.2) is 0 Å². The van der Waals surface area contributed by atoms with Crippen LogP contribution in [0.25, 0.3) is 90.1 Å². The summed E-state index contributed by atoms with van der Waals surface area (Å²) >= 11 is 0. The highest BCUT2D eigenvalue weighted by atomic mass is 15.0. The molecule has 1 fully saturated rings. The van der Waals surface area contributed by atoms with Crippen LogP contribution in [-0.2, 0) is 28.2 Å². The molecule has 0 saturated heterocycles. The first kappa shape index (κ1) is 60.9. The van der Waals surface area contributed by atoms with Gasteiger partial charge >= 0.3 is 0 Å². The molecule has 4 nitrogen and oxygen atoms in total. The van der Waals surface area contributed by atoms with E-state index in [0.717, 1.165) is 101 Å². The Morgan fingerprint density at radius 2 is 0.563 bits per heavy atom. The molecule has 1 aliphatic rings. The van der Waals surface area contributed by atoms with E-state index in [-0.39, 0.29) is 0 Å². The number of nitrogens with zero attached hydrogens (tertiary/aromatic N) is 4. The molecular formula is C99H116N4+4. The lowest BCUT2D eigenvalue weighted by molar-refractivity contribution is -0.649. The smallest absolute Gasteiger partial charge is 0.194 e. The van der Waals surface area contributed by atoms with E-state index in [2.05, 4.69) is 214 Å². The van der Waals surface area contributed by atoms with Crippen LogP contribution in [0.2, 0.25) is 0 Å². The maximum Gasteiger partial charge on any atom is 0.215 e. The third-order valence-electron chi connectivity index (χ3n) is 21.8. The molecule has 0 amide bonds. The predicted octanol–water partition coefficient (Wildman–Crippen LogP) is 23.8. The van der Waals surface area contributed by atoms with Crippen LogP contribution >= 0.6 is 0 Å². The van der Waals surface area contributed by atoms with Gasteiger partial charge in [-0.2, -0.15) is 18.3 Å². The largest absolute Gasteiger partial charge is 0.215 e. The fourth-order valence-corrected chi connectivity index (χ4v) is 15.3. The number of aromatic nitrogens is 4. The molecule has 1 aliphatic carbocycles. The zero-order valence-corrected chi connectivity index (χ0v) is 65.4. The third kappa shape index (κ3) is 16.4. The molecule has 0 aliphatic heterocycles. The maximum absolute atomic E-state index is 7.76. The average molecular weight is 1370 g/mol. The van der Waals surface area contributed by atoms with Crippen molar-refractivity contribution in [2.75, 3.05) is 0 Å². The molecular weight excluding hydrogens is 1250 g/mol. The van der Waals surface area contributed by atoms with Crippen molar-refractivity contribution in [1.29, 1.82) is 0 Å². The van der Waals surface area contributed by atoms with Gasteiger partial charge in [0.25, 0.3) is 0 Å². The minimum atomic E-state index is -2.17. The molecule has 4 heteroatoms. The third-order valence-corrected chi connectivity index (χ3v) is 21.8. The van der Waals surface area contributed by atoms with Crippen molar-refractivity contribution in [1.82, 2.24) is 0 Å². The summed E-state index contributed by atoms with van der Waals surface area (Å²) < 4.78 is 102. The van der Waals surface area contributed by atoms with Crippen LogP contribution in [0, 0.1) is 152 Å². The van der Waals surface area contributed by atoms with E-state index < -0.39 is 27.4 Å². The van der Waals surface area contributed by atoms with E-state index in [1.54, 1.807) is 18.2 Å². The summed E-state index contributed by atoms with van der Waals surface area (Å²) in [7, 11) is 8.34. The van der Waals surface area contributed by atoms with Gasteiger partial charge in [0.1, 0.15) is 28.2 Å². The first-order valence-corrected chi connectivity index (χ1v) is 36.5. The number of rotatable bonds is 9. The molecule has 8 aromatic carbocycles. The van der Waals surface area contributed by atoms with Gasteiger partial charge < -0.3 is 0 Å². The van der Waals surface area contributed by atoms with Crippen LogP contribution in [0.4, 0.5) is 0 Å². The summed E-state index contributed by atoms with van der Waals surface area (Å²) in [5.74, 6) is 0.738. The van der Waals surface area contributed by atoms with Gasteiger partial charge in [-0.25, -0.2) is 0 Å². The van der Waals surface area contributed by atoms with Gasteiger partial charge in [-0.3, -0.25) is 0 Å². The number of hydrogen-bond acceptors (Lipinski definition) is 0. The summed E-state index contributed by atoms with van der Waals surface area (Å²) in [5, 5.41) is 0. The molecule has 0 bridgehead atoms. The highest BCUT2D eigenvalue weighted by Crippen LogP contribution is 2.39. The fourth-order valence-electron chi connectivity index (χ4n) is 15.3. The standard InChI is InChI=1S/C29H36N.C24H28N.2C23H26N/c1-18-12-13-25(24-10-8-9-11-24)17-27(18)29-23(6)15-22(5)28(30(29)7)26-16-20(3)19(2)14-21(26)4;1-15-11-19(5)21(13-17(15)3)23-9-8-10-24(25(23)7)22-14-18(4)16(2)12-20(22)6;1-15-10-11-16(2)20(12-15)22-8-7-9-23(24(22)6)21-14-18(4)17(3)13-19(21)5;1-15-11-22(20-10-8-7-9-16(20)2)24(6)23(12-15)21-14-18(4)17(3)13-19(21)5/h12-17,24H,8-11H2,1-7H3;8-14H,1-7H3;2*7-14H,1-6H3/q4*+1/i;1D3;1D3,3D3;3D3. The molecule has 0 unspecified atom stereocenters. The molecule has 528 valence electrons. The Balaban J connectivity index is 0.000000162. The lowest BCUT2D eigenvalue weighted by Gasteiger charge is -2.17. The Hall–Kier alpha value is -9.64. The van der Waals surface area contributed by atoms with Crippen LogP contribution in [0.5, 0.6) is 0 Å². The van der Waals surface area contributed by atoms with E-state index in [4.69, 9.17) is 16.4 Å². The van der Waals surface area contributed by atoms with Gasteiger partial charge in [-0.05, 0) is 349 Å². The molecule has 0 atom stereocenters. The van der Waals surface area contributed by atoms with Gasteiger partial charge in [0.2, 0.25) is 45.6 Å². The Morgan fingerprint density at radius 3 is 1.01 bits per heavy atom. The van der Waals surface area contributed by atoms with Crippen molar-refractivity contribution in [2.24, 2.45) is 28.2 Å². The second-order valence-corrected chi connectivity index (χ2v) is 29.7. The molecule has 0 spiro atoms. The van der Waals surface area contributed by atoms with Crippen molar-refractivity contribution >= 4 is 0 Å². The molecule has 103 heavy (non-hydrogen) atoms. The first-order chi connectivity index (χ1) is 53.7. The van der Waals surface area contributed by atoms with Crippen LogP contribution in [0.1, 0.15) is 176 Å². The summed E-state index contributed by atoms with van der Waals surface area (Å²) in [4.78, 5) is 0. The monoisotopic (exact) mass is 1370 g/mol. The zero-order valence-electron chi connectivity index (χ0n) is 77.4. The fraction of sp³-hybridized carbons (Fsp3) is 0.313. The van der Waals surface area contributed by atoms with E-state index in [1.807, 2.05) is 115 Å². The summed E-state index contributed by atoms with van der Waals surface area (Å²) in [6, 6.07) is 60.2. The number of aryl methyl sites for hydroxylation is 22. The molecule has 0 radical (unpaired) electrons. The SMILES string of the molecule is Cc1cc(C)c(-c2c(C)cc(C)c(-c3cc(C4CCCC4)ccc3C)[n+]2C)cc1C.[2H]C([2H])([2H])c1cc(C)c(-c2cc(C)cc(-c3ccccc3C)[n+]2C)cc1C.[2H]C([2H])([2H])c1cc(C)c(-c2cccc(-c3cc(C)c(C)cc3C)[n+]2C)cc1C.[2H]C([2H])([2H])c1ccc(C)c(-c2cccc(-c3cc(C)c(C([2H])([2H])[2H])cc3C)[n+]2C)c1. The van der Waals surface area contributed by atoms with Crippen LogP contribution in [0.15, 0.2) is 176 Å². The lowest BCUT2D eigenvalue weighted by Crippen LogP contribution is -2.36. The number of benzene rings is 8. The Kier molecular flexibility index (Phi) is 18.9. The van der Waals surface area contributed by atoms with Crippen LogP contribution < -0.4 is 18.3 Å². The highest BCUT2D eigenvalue weighted by molar-refractivity contribution is 5.74. The molecule has 1 saturated carbocycles. The Morgan fingerprint density at radius 1 is 0.233 bits per heavy atom. The van der Waals surface area contributed by atoms with Gasteiger partial charge in [0, 0.05) is 108 Å². The van der Waals surface area contributed by atoms with E-state index in [9.17, 15) is 0 Å². The molecule has 13 rings (SSSR count). The predicted molar refractivity (Wildman–Crippen MR) is 439 cm³/mol. The normalized spacial score (nSPS) is 14.2. The van der Waals surface area contributed by atoms with Crippen molar-refractivity contribution in [3.63, 3.8) is 0 Å². The van der Waals surface area contributed by atoms with Gasteiger partial charge in [0.05, 0.1) is 0 Å². The number of hydrogen-bond donors (Lipinski definition) is 0. The molecule has 4 heterocycles. The van der Waals surface area contributed by atoms with E-state index in [0.29, 0.717) is 22.3 Å². The van der Waals surface area contributed by atoms with Gasteiger partial charge in [-0.15, -0.1) is 0 Å². The second-order valence-electron chi connectivity index (χ2n) is 29.7. The minimum absolute atomic E-state index is 0.308. The Bertz CT molecular complexity index is 5710. The quantitative estimate of drug-likeness (QED) is 0.128. The van der Waals surface area contributed by atoms with Gasteiger partial charge in [-0.1, -0.05) is 91.2 Å². The summed E-state index contributed by atoms with van der Waals surface area (Å²) in [5.41, 5.74) is 41.7. The minimum Gasteiger partial charge on any atom is -0.194 e. The summed E-state index contributed by atoms with van der Waals surface area (Å²) in [6.07, 6.45) is 5.44. The number of pyridine rings is 4. The summed E-state index contributed by atoms with van der Waals surface area (Å²) in [6.45, 7) is 29.0. The van der Waals surface area contributed by atoms with Crippen molar-refractivity contribution in [2.45, 2.75) is 184 Å². The van der Waals surface area contributed by atoms with E-state index in [1.165, 1.54) is 126 Å². The first-order valence-electron chi connectivity index (χ1n) is 42.5. The van der Waals surface area contributed by atoms with Crippen molar-refractivity contribution in [3.05, 3.63) is 304 Å². The molecule has 4 aromatic heterocycles.